The number of anilines is 1. The summed E-state index contributed by atoms with van der Waals surface area (Å²) in [5.74, 6) is 2.47. The number of methoxy groups -OCH3 is 2. The summed E-state index contributed by atoms with van der Waals surface area (Å²) >= 11 is 0. The third-order valence-electron chi connectivity index (χ3n) is 5.37. The van der Waals surface area contributed by atoms with E-state index in [1.165, 1.54) is 0 Å². The van der Waals surface area contributed by atoms with Crippen molar-refractivity contribution < 1.29 is 23.8 Å². The molecule has 1 atom stereocenters. The van der Waals surface area contributed by atoms with Gasteiger partial charge in [-0.15, -0.1) is 0 Å². The van der Waals surface area contributed by atoms with Gasteiger partial charge in [-0.25, -0.2) is 0 Å². The molecule has 0 fully saturated rings. The molecule has 7 heteroatoms. The van der Waals surface area contributed by atoms with Gasteiger partial charge < -0.3 is 24.8 Å². The molecule has 0 aromatic heterocycles. The molecule has 0 saturated heterocycles. The van der Waals surface area contributed by atoms with E-state index in [4.69, 9.17) is 14.2 Å². The van der Waals surface area contributed by atoms with Crippen molar-refractivity contribution in [2.24, 2.45) is 5.92 Å². The first-order valence-corrected chi connectivity index (χ1v) is 11.6. The molecule has 3 aromatic rings. The van der Waals surface area contributed by atoms with Crippen LogP contribution in [-0.4, -0.2) is 32.6 Å². The van der Waals surface area contributed by atoms with E-state index in [0.717, 1.165) is 11.3 Å². The van der Waals surface area contributed by atoms with Gasteiger partial charge in [0.25, 0.3) is 0 Å². The van der Waals surface area contributed by atoms with Gasteiger partial charge in [-0.3, -0.25) is 9.59 Å². The van der Waals surface area contributed by atoms with E-state index in [2.05, 4.69) is 10.6 Å². The third kappa shape index (κ3) is 8.37. The largest absolute Gasteiger partial charge is 0.493 e. The van der Waals surface area contributed by atoms with Gasteiger partial charge in [0.05, 0.1) is 14.2 Å². The third-order valence-corrected chi connectivity index (χ3v) is 5.37. The number of ether oxygens (including phenoxy) is 3. The second-order valence-electron chi connectivity index (χ2n) is 8.29. The van der Waals surface area contributed by atoms with Crippen LogP contribution < -0.4 is 24.8 Å². The van der Waals surface area contributed by atoms with E-state index in [1.807, 2.05) is 55.5 Å². The minimum Gasteiger partial charge on any atom is -0.493 e. The lowest BCUT2D eigenvalue weighted by Crippen LogP contribution is -2.28. The average Bonchev–Trinajstić information content (AvgIpc) is 2.85. The van der Waals surface area contributed by atoms with Gasteiger partial charge in [-0.2, -0.15) is 0 Å². The molecule has 0 aliphatic carbocycles. The number of hydrogen-bond donors (Lipinski definition) is 2. The minimum atomic E-state index is -0.132. The number of benzene rings is 3. The highest BCUT2D eigenvalue weighted by molar-refractivity contribution is 5.91. The summed E-state index contributed by atoms with van der Waals surface area (Å²) in [6, 6.07) is 22.4. The van der Waals surface area contributed by atoms with Crippen LogP contribution in [0, 0.1) is 5.92 Å². The van der Waals surface area contributed by atoms with E-state index in [-0.39, 0.29) is 30.6 Å². The predicted octanol–water partition coefficient (Wildman–Crippen LogP) is 5.21. The maximum absolute atomic E-state index is 12.4. The van der Waals surface area contributed by atoms with Crippen molar-refractivity contribution in [3.8, 4) is 23.0 Å². The molecule has 0 radical (unpaired) electrons. The van der Waals surface area contributed by atoms with Crippen molar-refractivity contribution in [2.45, 2.75) is 26.2 Å². The van der Waals surface area contributed by atoms with Crippen molar-refractivity contribution in [1.29, 1.82) is 0 Å². The Balaban J connectivity index is 1.37. The van der Waals surface area contributed by atoms with Gasteiger partial charge >= 0.3 is 0 Å². The molecule has 0 aliphatic heterocycles. The van der Waals surface area contributed by atoms with Crippen molar-refractivity contribution in [3.05, 3.63) is 78.4 Å². The lowest BCUT2D eigenvalue weighted by molar-refractivity contribution is -0.122. The number of para-hydroxylation sites is 1. The molecule has 0 unspecified atom stereocenters. The summed E-state index contributed by atoms with van der Waals surface area (Å²) in [7, 11) is 3.19. The Hall–Kier alpha value is -4.00. The number of hydrogen-bond acceptors (Lipinski definition) is 5. The van der Waals surface area contributed by atoms with E-state index >= 15 is 0 Å². The Morgan fingerprint density at radius 2 is 1.46 bits per heavy atom. The van der Waals surface area contributed by atoms with Crippen molar-refractivity contribution in [3.63, 3.8) is 0 Å². The van der Waals surface area contributed by atoms with Crippen molar-refractivity contribution in [2.75, 3.05) is 26.1 Å². The fourth-order valence-electron chi connectivity index (χ4n) is 3.60. The summed E-state index contributed by atoms with van der Waals surface area (Å²) in [6.07, 6.45) is 1.21. The zero-order valence-electron chi connectivity index (χ0n) is 20.4. The molecule has 2 N–H and O–H groups in total. The molecule has 2 amide bonds. The first-order valence-electron chi connectivity index (χ1n) is 11.6. The Labute approximate surface area is 206 Å². The summed E-state index contributed by atoms with van der Waals surface area (Å²) in [6.45, 7) is 2.40. The van der Waals surface area contributed by atoms with Gasteiger partial charge in [0, 0.05) is 25.1 Å². The summed E-state index contributed by atoms with van der Waals surface area (Å²) in [5.41, 5.74) is 1.72. The monoisotopic (exact) mass is 476 g/mol. The summed E-state index contributed by atoms with van der Waals surface area (Å²) < 4.78 is 16.3. The molecule has 0 saturated carbocycles. The van der Waals surface area contributed by atoms with Crippen LogP contribution in [0.25, 0.3) is 0 Å². The second kappa shape index (κ2) is 13.0. The maximum Gasteiger partial charge on any atom is 0.224 e. The molecule has 3 rings (SSSR count). The molecule has 0 spiro atoms. The highest BCUT2D eigenvalue weighted by Crippen LogP contribution is 2.27. The topological polar surface area (TPSA) is 85.9 Å². The van der Waals surface area contributed by atoms with Crippen LogP contribution in [0.2, 0.25) is 0 Å². The highest BCUT2D eigenvalue weighted by Gasteiger charge is 2.14. The van der Waals surface area contributed by atoms with E-state index in [9.17, 15) is 9.59 Å². The van der Waals surface area contributed by atoms with Gasteiger partial charge in [0.1, 0.15) is 11.5 Å². The molecular formula is C28H32N2O5. The van der Waals surface area contributed by atoms with Crippen molar-refractivity contribution in [1.82, 2.24) is 5.32 Å². The molecule has 0 heterocycles. The van der Waals surface area contributed by atoms with Crippen LogP contribution in [0.1, 0.15) is 25.3 Å². The predicted molar refractivity (Wildman–Crippen MR) is 136 cm³/mol. The quantitative estimate of drug-likeness (QED) is 0.375. The molecule has 35 heavy (non-hydrogen) atoms. The number of carbonyl (C=O) groups excluding carboxylic acids is 2. The standard InChI is InChI=1S/C28H32N2O5/c1-20(17-27(31)29-16-15-21-9-14-25(33-2)26(19-21)34-3)18-28(32)30-22-10-12-24(13-11-22)35-23-7-5-4-6-8-23/h4-14,19-20H,15-18H2,1-3H3,(H,29,31)(H,30,32)/t20-/m1/s1. The fraction of sp³-hybridized carbons (Fsp3) is 0.286. The van der Waals surface area contributed by atoms with Crippen LogP contribution in [-0.2, 0) is 16.0 Å². The molecule has 3 aromatic carbocycles. The average molecular weight is 477 g/mol. The zero-order valence-corrected chi connectivity index (χ0v) is 20.4. The van der Waals surface area contributed by atoms with Crippen LogP contribution in [0.15, 0.2) is 72.8 Å². The van der Waals surface area contributed by atoms with Crippen LogP contribution >= 0.6 is 0 Å². The van der Waals surface area contributed by atoms with E-state index < -0.39 is 0 Å². The zero-order chi connectivity index (χ0) is 25.0. The number of carbonyl (C=O) groups is 2. The van der Waals surface area contributed by atoms with Crippen molar-refractivity contribution >= 4 is 17.5 Å². The van der Waals surface area contributed by atoms with Crippen LogP contribution in [0.4, 0.5) is 5.69 Å². The highest BCUT2D eigenvalue weighted by atomic mass is 16.5. The SMILES string of the molecule is COc1ccc(CCNC(=O)C[C@@H](C)CC(=O)Nc2ccc(Oc3ccccc3)cc2)cc1OC. The van der Waals surface area contributed by atoms with Gasteiger partial charge in [0.15, 0.2) is 11.5 Å². The Kier molecular flexibility index (Phi) is 9.54. The minimum absolute atomic E-state index is 0.0757. The summed E-state index contributed by atoms with van der Waals surface area (Å²) in [4.78, 5) is 24.7. The van der Waals surface area contributed by atoms with Crippen LogP contribution in [0.5, 0.6) is 23.0 Å². The second-order valence-corrected chi connectivity index (χ2v) is 8.29. The number of amides is 2. The molecule has 184 valence electrons. The Morgan fingerprint density at radius 3 is 2.14 bits per heavy atom. The molecule has 0 bridgehead atoms. The fourth-order valence-corrected chi connectivity index (χ4v) is 3.60. The van der Waals surface area contributed by atoms with E-state index in [1.54, 1.807) is 38.5 Å². The first kappa shape index (κ1) is 25.6. The number of nitrogens with one attached hydrogen (secondary N) is 2. The lowest BCUT2D eigenvalue weighted by Gasteiger charge is -2.13. The number of rotatable bonds is 12. The lowest BCUT2D eigenvalue weighted by atomic mass is 10.0. The Morgan fingerprint density at radius 1 is 0.800 bits per heavy atom. The van der Waals surface area contributed by atoms with Gasteiger partial charge in [-0.05, 0) is 66.4 Å². The molecular weight excluding hydrogens is 444 g/mol. The Bertz CT molecular complexity index is 1100. The maximum atomic E-state index is 12.4. The van der Waals surface area contributed by atoms with Gasteiger partial charge in [-0.1, -0.05) is 31.2 Å². The van der Waals surface area contributed by atoms with Gasteiger partial charge in [0.2, 0.25) is 11.8 Å². The summed E-state index contributed by atoms with van der Waals surface area (Å²) in [5, 5.41) is 5.79. The first-order chi connectivity index (χ1) is 17.0. The van der Waals surface area contributed by atoms with Crippen LogP contribution in [0.3, 0.4) is 0 Å². The normalized spacial score (nSPS) is 11.3. The smallest absolute Gasteiger partial charge is 0.224 e. The van der Waals surface area contributed by atoms with E-state index in [0.29, 0.717) is 35.9 Å². The molecule has 7 nitrogen and oxygen atoms in total. The molecule has 0 aliphatic rings.